The van der Waals surface area contributed by atoms with Crippen LogP contribution in [0.15, 0.2) is 6.20 Å². The van der Waals surface area contributed by atoms with Gasteiger partial charge < -0.3 is 14.6 Å². The fourth-order valence-corrected chi connectivity index (χ4v) is 3.15. The third kappa shape index (κ3) is 3.45. The number of hydrogen-bond donors (Lipinski definition) is 1. The lowest BCUT2D eigenvalue weighted by Gasteiger charge is -2.32. The minimum atomic E-state index is -0.424. The molecule has 1 aliphatic heterocycles. The summed E-state index contributed by atoms with van der Waals surface area (Å²) in [6, 6.07) is 0. The standard InChI is InChI=1S/C17H27N3O2/c1-17(2,3)22-16(21)20-9-7-13(8-10-20)15-18-11-14(19-15)12-5-4-6-12/h11-13H,4-10H2,1-3H3,(H,18,19). The topological polar surface area (TPSA) is 58.2 Å². The van der Waals surface area contributed by atoms with E-state index in [1.54, 1.807) is 0 Å². The molecule has 2 aliphatic rings. The van der Waals surface area contributed by atoms with Crippen molar-refractivity contribution in [2.45, 2.75) is 70.3 Å². The second-order valence-electron chi connectivity index (χ2n) is 7.59. The van der Waals surface area contributed by atoms with Crippen molar-refractivity contribution in [3.8, 4) is 0 Å². The molecule has 1 amide bonds. The Morgan fingerprint density at radius 1 is 1.23 bits per heavy atom. The van der Waals surface area contributed by atoms with Gasteiger partial charge in [-0.05, 0) is 46.5 Å². The number of nitrogens with zero attached hydrogens (tertiary/aromatic N) is 2. The zero-order chi connectivity index (χ0) is 15.7. The predicted octanol–water partition coefficient (Wildman–Crippen LogP) is 3.79. The zero-order valence-corrected chi connectivity index (χ0v) is 13.9. The first-order chi connectivity index (χ1) is 10.4. The molecular formula is C17H27N3O2. The molecule has 1 aromatic rings. The Morgan fingerprint density at radius 2 is 1.91 bits per heavy atom. The minimum absolute atomic E-state index is 0.194. The van der Waals surface area contributed by atoms with E-state index in [0.29, 0.717) is 11.8 Å². The number of imidazole rings is 1. The number of aromatic amines is 1. The molecule has 1 aliphatic carbocycles. The number of hydrogen-bond acceptors (Lipinski definition) is 3. The van der Waals surface area contributed by atoms with Crippen LogP contribution in [0.4, 0.5) is 4.79 Å². The van der Waals surface area contributed by atoms with Crippen LogP contribution in [-0.4, -0.2) is 39.7 Å². The fourth-order valence-electron chi connectivity index (χ4n) is 3.15. The van der Waals surface area contributed by atoms with Crippen LogP contribution < -0.4 is 0 Å². The van der Waals surface area contributed by atoms with Gasteiger partial charge >= 0.3 is 6.09 Å². The molecule has 1 saturated heterocycles. The van der Waals surface area contributed by atoms with Gasteiger partial charge in [0.1, 0.15) is 11.4 Å². The van der Waals surface area contributed by atoms with Crippen molar-refractivity contribution in [1.82, 2.24) is 14.9 Å². The first-order valence-corrected chi connectivity index (χ1v) is 8.45. The number of piperidine rings is 1. The molecule has 0 bridgehead atoms. The van der Waals surface area contributed by atoms with Gasteiger partial charge in [0.05, 0.1) is 0 Å². The van der Waals surface area contributed by atoms with E-state index in [2.05, 4.69) is 9.97 Å². The molecule has 5 nitrogen and oxygen atoms in total. The lowest BCUT2D eigenvalue weighted by molar-refractivity contribution is 0.0203. The molecule has 0 atom stereocenters. The highest BCUT2D eigenvalue weighted by atomic mass is 16.6. The lowest BCUT2D eigenvalue weighted by atomic mass is 9.83. The molecule has 2 fully saturated rings. The summed E-state index contributed by atoms with van der Waals surface area (Å²) in [4.78, 5) is 22.0. The van der Waals surface area contributed by atoms with E-state index < -0.39 is 5.60 Å². The Kier molecular flexibility index (Phi) is 4.15. The SMILES string of the molecule is CC(C)(C)OC(=O)N1CCC(c2ncc(C3CCC3)[nH]2)CC1. The molecule has 0 aromatic carbocycles. The van der Waals surface area contributed by atoms with Crippen LogP contribution in [0.3, 0.4) is 0 Å². The molecule has 1 N–H and O–H groups in total. The summed E-state index contributed by atoms with van der Waals surface area (Å²) in [5, 5.41) is 0. The van der Waals surface area contributed by atoms with Crippen LogP contribution in [0.25, 0.3) is 0 Å². The maximum absolute atomic E-state index is 12.1. The van der Waals surface area contributed by atoms with Crippen LogP contribution in [0.5, 0.6) is 0 Å². The van der Waals surface area contributed by atoms with E-state index >= 15 is 0 Å². The average Bonchev–Trinajstić information content (AvgIpc) is 2.84. The molecule has 22 heavy (non-hydrogen) atoms. The highest BCUT2D eigenvalue weighted by Gasteiger charge is 2.29. The second kappa shape index (κ2) is 5.94. The molecule has 0 spiro atoms. The Labute approximate surface area is 132 Å². The molecule has 1 saturated carbocycles. The number of ether oxygens (including phenoxy) is 1. The van der Waals surface area contributed by atoms with Gasteiger partial charge in [-0.3, -0.25) is 0 Å². The maximum Gasteiger partial charge on any atom is 0.410 e. The molecular weight excluding hydrogens is 278 g/mol. The Hall–Kier alpha value is -1.52. The maximum atomic E-state index is 12.1. The van der Waals surface area contributed by atoms with Crippen LogP contribution >= 0.6 is 0 Å². The first kappa shape index (κ1) is 15.4. The molecule has 0 unspecified atom stereocenters. The number of H-pyrrole nitrogens is 1. The lowest BCUT2D eigenvalue weighted by Crippen LogP contribution is -2.41. The summed E-state index contributed by atoms with van der Waals surface area (Å²) in [7, 11) is 0. The van der Waals surface area contributed by atoms with Gasteiger partial charge in [0.25, 0.3) is 0 Å². The van der Waals surface area contributed by atoms with Crippen LogP contribution in [0, 0.1) is 0 Å². The third-order valence-corrected chi connectivity index (χ3v) is 4.69. The summed E-state index contributed by atoms with van der Waals surface area (Å²) in [5.41, 5.74) is 0.878. The van der Waals surface area contributed by atoms with Crippen molar-refractivity contribution in [3.05, 3.63) is 17.7 Å². The molecule has 5 heteroatoms. The van der Waals surface area contributed by atoms with E-state index in [4.69, 9.17) is 4.74 Å². The fraction of sp³-hybridized carbons (Fsp3) is 0.765. The summed E-state index contributed by atoms with van der Waals surface area (Å²) < 4.78 is 5.44. The largest absolute Gasteiger partial charge is 0.444 e. The van der Waals surface area contributed by atoms with E-state index in [1.165, 1.54) is 25.0 Å². The van der Waals surface area contributed by atoms with Crippen molar-refractivity contribution < 1.29 is 9.53 Å². The third-order valence-electron chi connectivity index (χ3n) is 4.69. The van der Waals surface area contributed by atoms with Gasteiger partial charge in [-0.1, -0.05) is 6.42 Å². The van der Waals surface area contributed by atoms with Crippen molar-refractivity contribution in [2.24, 2.45) is 0 Å². The van der Waals surface area contributed by atoms with E-state index in [-0.39, 0.29) is 6.09 Å². The highest BCUT2D eigenvalue weighted by molar-refractivity contribution is 5.68. The number of carbonyl (C=O) groups is 1. The summed E-state index contributed by atoms with van der Waals surface area (Å²) >= 11 is 0. The van der Waals surface area contributed by atoms with Gasteiger partial charge in [0, 0.05) is 36.8 Å². The molecule has 122 valence electrons. The Bertz CT molecular complexity index is 520. The summed E-state index contributed by atoms with van der Waals surface area (Å²) in [5.74, 6) is 2.24. The molecule has 1 aromatic heterocycles. The van der Waals surface area contributed by atoms with E-state index in [1.807, 2.05) is 31.9 Å². The van der Waals surface area contributed by atoms with Crippen molar-refractivity contribution in [1.29, 1.82) is 0 Å². The molecule has 3 rings (SSSR count). The molecule has 2 heterocycles. The summed E-state index contributed by atoms with van der Waals surface area (Å²) in [6.07, 6.45) is 7.65. The number of likely N-dealkylation sites (tertiary alicyclic amines) is 1. The molecule has 0 radical (unpaired) electrons. The number of rotatable bonds is 2. The van der Waals surface area contributed by atoms with Crippen LogP contribution in [-0.2, 0) is 4.74 Å². The minimum Gasteiger partial charge on any atom is -0.444 e. The number of carbonyl (C=O) groups excluding carboxylic acids is 1. The number of nitrogens with one attached hydrogen (secondary N) is 1. The normalized spacial score (nSPS) is 20.8. The van der Waals surface area contributed by atoms with E-state index in [0.717, 1.165) is 31.8 Å². The van der Waals surface area contributed by atoms with Crippen molar-refractivity contribution in [3.63, 3.8) is 0 Å². The Morgan fingerprint density at radius 3 is 2.45 bits per heavy atom. The van der Waals surface area contributed by atoms with E-state index in [9.17, 15) is 4.79 Å². The van der Waals surface area contributed by atoms with Crippen molar-refractivity contribution in [2.75, 3.05) is 13.1 Å². The van der Waals surface area contributed by atoms with Gasteiger partial charge in [-0.2, -0.15) is 0 Å². The number of amides is 1. The predicted molar refractivity (Wildman–Crippen MR) is 85.0 cm³/mol. The highest BCUT2D eigenvalue weighted by Crippen LogP contribution is 2.36. The first-order valence-electron chi connectivity index (χ1n) is 8.45. The quantitative estimate of drug-likeness (QED) is 0.904. The summed E-state index contributed by atoms with van der Waals surface area (Å²) in [6.45, 7) is 7.21. The van der Waals surface area contributed by atoms with Crippen LogP contribution in [0.1, 0.15) is 76.2 Å². The average molecular weight is 305 g/mol. The van der Waals surface area contributed by atoms with Gasteiger partial charge in [0.15, 0.2) is 0 Å². The van der Waals surface area contributed by atoms with Gasteiger partial charge in [0.2, 0.25) is 0 Å². The van der Waals surface area contributed by atoms with Gasteiger partial charge in [-0.25, -0.2) is 9.78 Å². The van der Waals surface area contributed by atoms with Crippen molar-refractivity contribution >= 4 is 6.09 Å². The smallest absolute Gasteiger partial charge is 0.410 e. The van der Waals surface area contributed by atoms with Crippen LogP contribution in [0.2, 0.25) is 0 Å². The number of aromatic nitrogens is 2. The second-order valence-corrected chi connectivity index (χ2v) is 7.59. The van der Waals surface area contributed by atoms with Gasteiger partial charge in [-0.15, -0.1) is 0 Å². The zero-order valence-electron chi connectivity index (χ0n) is 13.9. The monoisotopic (exact) mass is 305 g/mol. The Balaban J connectivity index is 1.53.